The zero-order chi connectivity index (χ0) is 16.5. The van der Waals surface area contributed by atoms with Gasteiger partial charge in [0, 0.05) is 18.7 Å². The SMILES string of the molecule is CCOCCS(=O)(=O)NCC(=O)NC(C)(CN)CC(C)C.Cl. The molecule has 0 saturated heterocycles. The molecule has 0 aliphatic carbocycles. The van der Waals surface area contributed by atoms with Gasteiger partial charge in [0.1, 0.15) is 0 Å². The molecule has 0 aliphatic heterocycles. The van der Waals surface area contributed by atoms with Crippen molar-refractivity contribution in [3.63, 3.8) is 0 Å². The fourth-order valence-corrected chi connectivity index (χ4v) is 2.86. The first kappa shape index (κ1) is 23.9. The second-order valence-electron chi connectivity index (χ2n) is 5.75. The second kappa shape index (κ2) is 11.2. The minimum absolute atomic E-state index is 0. The molecule has 0 aromatic heterocycles. The molecular formula is C13H30ClN3O4S. The molecule has 0 aromatic rings. The fraction of sp³-hybridized carbons (Fsp3) is 0.923. The first-order valence-electron chi connectivity index (χ1n) is 7.20. The van der Waals surface area contributed by atoms with Crippen molar-refractivity contribution in [3.05, 3.63) is 0 Å². The quantitative estimate of drug-likeness (QED) is 0.458. The van der Waals surface area contributed by atoms with Crippen molar-refractivity contribution < 1.29 is 17.9 Å². The number of amides is 1. The number of sulfonamides is 1. The number of hydrogen-bond donors (Lipinski definition) is 3. The highest BCUT2D eigenvalue weighted by Crippen LogP contribution is 2.14. The van der Waals surface area contributed by atoms with Crippen molar-refractivity contribution in [2.75, 3.05) is 32.1 Å². The van der Waals surface area contributed by atoms with Gasteiger partial charge < -0.3 is 15.8 Å². The molecule has 0 aliphatic rings. The topological polar surface area (TPSA) is 111 Å². The van der Waals surface area contributed by atoms with Crippen molar-refractivity contribution in [1.29, 1.82) is 0 Å². The zero-order valence-corrected chi connectivity index (χ0v) is 15.5. The molecule has 1 unspecified atom stereocenters. The van der Waals surface area contributed by atoms with Crippen LogP contribution in [0, 0.1) is 5.92 Å². The number of halogens is 1. The average Bonchev–Trinajstić information content (AvgIpc) is 2.36. The van der Waals surface area contributed by atoms with E-state index in [2.05, 4.69) is 10.0 Å². The number of rotatable bonds is 11. The number of carbonyl (C=O) groups is 1. The molecule has 4 N–H and O–H groups in total. The Balaban J connectivity index is 0. The van der Waals surface area contributed by atoms with Gasteiger partial charge in [-0.2, -0.15) is 0 Å². The molecule has 0 saturated carbocycles. The summed E-state index contributed by atoms with van der Waals surface area (Å²) < 4.78 is 30.5. The number of hydrogen-bond acceptors (Lipinski definition) is 5. The minimum Gasteiger partial charge on any atom is -0.381 e. The van der Waals surface area contributed by atoms with E-state index in [1.54, 1.807) is 6.92 Å². The van der Waals surface area contributed by atoms with Crippen LogP contribution in [0.3, 0.4) is 0 Å². The number of carbonyl (C=O) groups excluding carboxylic acids is 1. The monoisotopic (exact) mass is 359 g/mol. The first-order chi connectivity index (χ1) is 9.64. The lowest BCUT2D eigenvalue weighted by atomic mass is 9.91. The maximum Gasteiger partial charge on any atom is 0.235 e. The van der Waals surface area contributed by atoms with E-state index >= 15 is 0 Å². The summed E-state index contributed by atoms with van der Waals surface area (Å²) in [5.74, 6) is -0.167. The van der Waals surface area contributed by atoms with Crippen molar-refractivity contribution in [2.24, 2.45) is 11.7 Å². The molecule has 7 nitrogen and oxygen atoms in total. The van der Waals surface area contributed by atoms with Gasteiger partial charge in [-0.1, -0.05) is 13.8 Å². The second-order valence-corrected chi connectivity index (χ2v) is 7.67. The maximum absolute atomic E-state index is 11.9. The van der Waals surface area contributed by atoms with E-state index in [-0.39, 0.29) is 37.2 Å². The van der Waals surface area contributed by atoms with Crippen LogP contribution in [-0.2, 0) is 19.6 Å². The molecule has 0 spiro atoms. The highest BCUT2D eigenvalue weighted by atomic mass is 35.5. The molecule has 0 radical (unpaired) electrons. The highest BCUT2D eigenvalue weighted by molar-refractivity contribution is 7.89. The average molecular weight is 360 g/mol. The van der Waals surface area contributed by atoms with Gasteiger partial charge in [-0.15, -0.1) is 12.4 Å². The summed E-state index contributed by atoms with van der Waals surface area (Å²) in [5, 5.41) is 2.79. The van der Waals surface area contributed by atoms with Crippen LogP contribution in [0.25, 0.3) is 0 Å². The van der Waals surface area contributed by atoms with Crippen LogP contribution in [0.2, 0.25) is 0 Å². The van der Waals surface area contributed by atoms with Gasteiger partial charge in [-0.05, 0) is 26.2 Å². The lowest BCUT2D eigenvalue weighted by Gasteiger charge is -2.31. The van der Waals surface area contributed by atoms with Crippen LogP contribution < -0.4 is 15.8 Å². The summed E-state index contributed by atoms with van der Waals surface area (Å²) in [6.07, 6.45) is 0.729. The van der Waals surface area contributed by atoms with Crippen molar-refractivity contribution in [3.8, 4) is 0 Å². The molecular weight excluding hydrogens is 330 g/mol. The molecule has 134 valence electrons. The molecule has 0 aromatic carbocycles. The van der Waals surface area contributed by atoms with Crippen molar-refractivity contribution >= 4 is 28.3 Å². The normalized spacial score (nSPS) is 14.3. The smallest absolute Gasteiger partial charge is 0.235 e. The van der Waals surface area contributed by atoms with Crippen molar-refractivity contribution in [2.45, 2.75) is 39.7 Å². The summed E-state index contributed by atoms with van der Waals surface area (Å²) in [5.41, 5.74) is 5.17. The lowest BCUT2D eigenvalue weighted by Crippen LogP contribution is -2.54. The Morgan fingerprint density at radius 2 is 1.95 bits per heavy atom. The van der Waals surface area contributed by atoms with E-state index in [1.807, 2.05) is 20.8 Å². The van der Waals surface area contributed by atoms with Gasteiger partial charge >= 0.3 is 0 Å². The predicted octanol–water partition coefficient (Wildman–Crippen LogP) is 0.244. The zero-order valence-electron chi connectivity index (χ0n) is 13.8. The maximum atomic E-state index is 11.9. The Bertz CT molecular complexity index is 418. The van der Waals surface area contributed by atoms with E-state index < -0.39 is 15.6 Å². The van der Waals surface area contributed by atoms with Crippen LogP contribution in [-0.4, -0.2) is 51.9 Å². The van der Waals surface area contributed by atoms with Crippen LogP contribution in [0.5, 0.6) is 0 Å². The minimum atomic E-state index is -3.50. The third kappa shape index (κ3) is 11.2. The van der Waals surface area contributed by atoms with E-state index in [1.165, 1.54) is 0 Å². The number of nitrogens with two attached hydrogens (primary N) is 1. The Morgan fingerprint density at radius 3 is 2.41 bits per heavy atom. The van der Waals surface area contributed by atoms with Crippen LogP contribution in [0.15, 0.2) is 0 Å². The first-order valence-corrected chi connectivity index (χ1v) is 8.85. The molecule has 0 fully saturated rings. The molecule has 0 heterocycles. The Morgan fingerprint density at radius 1 is 1.36 bits per heavy atom. The molecule has 1 atom stereocenters. The van der Waals surface area contributed by atoms with Crippen LogP contribution >= 0.6 is 12.4 Å². The van der Waals surface area contributed by atoms with Crippen LogP contribution in [0.4, 0.5) is 0 Å². The summed E-state index contributed by atoms with van der Waals surface area (Å²) in [6, 6.07) is 0. The third-order valence-electron chi connectivity index (χ3n) is 2.90. The third-order valence-corrected chi connectivity index (χ3v) is 4.19. The Labute approximate surface area is 140 Å². The van der Waals surface area contributed by atoms with Gasteiger partial charge in [-0.25, -0.2) is 13.1 Å². The molecule has 9 heteroatoms. The summed E-state index contributed by atoms with van der Waals surface area (Å²) in [6.45, 7) is 8.30. The molecule has 0 bridgehead atoms. The number of nitrogens with one attached hydrogen (secondary N) is 2. The fourth-order valence-electron chi connectivity index (χ4n) is 2.03. The van der Waals surface area contributed by atoms with Gasteiger partial charge in [0.15, 0.2) is 0 Å². The Kier molecular flexibility index (Phi) is 12.1. The largest absolute Gasteiger partial charge is 0.381 e. The summed E-state index contributed by atoms with van der Waals surface area (Å²) in [4.78, 5) is 11.9. The predicted molar refractivity (Wildman–Crippen MR) is 90.6 cm³/mol. The summed E-state index contributed by atoms with van der Waals surface area (Å²) in [7, 11) is -3.50. The summed E-state index contributed by atoms with van der Waals surface area (Å²) >= 11 is 0. The van der Waals surface area contributed by atoms with E-state index in [0.717, 1.165) is 6.42 Å². The van der Waals surface area contributed by atoms with Gasteiger partial charge in [-0.3, -0.25) is 4.79 Å². The molecule has 22 heavy (non-hydrogen) atoms. The van der Waals surface area contributed by atoms with Gasteiger partial charge in [0.05, 0.1) is 18.9 Å². The molecule has 1 amide bonds. The number of ether oxygens (including phenoxy) is 1. The Hall–Kier alpha value is -0.410. The van der Waals surface area contributed by atoms with E-state index in [4.69, 9.17) is 10.5 Å². The van der Waals surface area contributed by atoms with Gasteiger partial charge in [0.25, 0.3) is 0 Å². The van der Waals surface area contributed by atoms with Crippen molar-refractivity contribution in [1.82, 2.24) is 10.0 Å². The lowest BCUT2D eigenvalue weighted by molar-refractivity contribution is -0.121. The van der Waals surface area contributed by atoms with E-state index in [9.17, 15) is 13.2 Å². The standard InChI is InChI=1S/C13H29N3O4S.ClH/c1-5-20-6-7-21(18,19)15-9-12(17)16-13(4,10-14)8-11(2)3;/h11,15H,5-10,14H2,1-4H3,(H,16,17);1H. The van der Waals surface area contributed by atoms with Crippen LogP contribution in [0.1, 0.15) is 34.1 Å². The van der Waals surface area contributed by atoms with Gasteiger partial charge in [0.2, 0.25) is 15.9 Å². The van der Waals surface area contributed by atoms with E-state index in [0.29, 0.717) is 19.1 Å². The molecule has 0 rings (SSSR count). The highest BCUT2D eigenvalue weighted by Gasteiger charge is 2.26.